The standard InChI is InChI=1S/C19H17FN4O3/c20-14-5-1-4-13(7-14)19(26)24-10-15-16(11-24)27-23-17(15)18(25)22-9-12-3-2-6-21-8-12/h1-8,15-16H,9-11H2,(H,22,25)/t15-,16+/m0/s1. The van der Waals surface area contributed by atoms with Crippen LogP contribution in [-0.2, 0) is 16.2 Å². The summed E-state index contributed by atoms with van der Waals surface area (Å²) in [5.41, 5.74) is 1.42. The van der Waals surface area contributed by atoms with E-state index in [9.17, 15) is 14.0 Å². The van der Waals surface area contributed by atoms with Gasteiger partial charge in [-0.15, -0.1) is 0 Å². The quantitative estimate of drug-likeness (QED) is 0.883. The normalized spacial score (nSPS) is 20.6. The van der Waals surface area contributed by atoms with Crippen molar-refractivity contribution in [1.82, 2.24) is 15.2 Å². The van der Waals surface area contributed by atoms with Crippen LogP contribution in [0.25, 0.3) is 0 Å². The number of pyridine rings is 1. The average Bonchev–Trinajstić information content (AvgIpc) is 3.27. The van der Waals surface area contributed by atoms with E-state index in [2.05, 4.69) is 15.5 Å². The van der Waals surface area contributed by atoms with Crippen LogP contribution in [0.4, 0.5) is 4.39 Å². The zero-order chi connectivity index (χ0) is 18.8. The number of likely N-dealkylation sites (tertiary alicyclic amines) is 1. The molecule has 2 atom stereocenters. The van der Waals surface area contributed by atoms with Crippen molar-refractivity contribution >= 4 is 17.5 Å². The van der Waals surface area contributed by atoms with Gasteiger partial charge in [0.05, 0.1) is 12.5 Å². The molecule has 1 aromatic heterocycles. The second kappa shape index (κ2) is 7.14. The molecule has 2 aromatic rings. The van der Waals surface area contributed by atoms with E-state index in [1.807, 2.05) is 6.07 Å². The maximum atomic E-state index is 13.4. The highest BCUT2D eigenvalue weighted by Gasteiger charge is 2.46. The van der Waals surface area contributed by atoms with Crippen LogP contribution in [0.1, 0.15) is 15.9 Å². The second-order valence-corrected chi connectivity index (χ2v) is 6.49. The lowest BCUT2D eigenvalue weighted by Crippen LogP contribution is -2.37. The number of hydrogen-bond donors (Lipinski definition) is 1. The summed E-state index contributed by atoms with van der Waals surface area (Å²) >= 11 is 0. The van der Waals surface area contributed by atoms with Gasteiger partial charge in [-0.25, -0.2) is 4.39 Å². The molecule has 0 unspecified atom stereocenters. The van der Waals surface area contributed by atoms with Gasteiger partial charge in [0.2, 0.25) is 0 Å². The second-order valence-electron chi connectivity index (χ2n) is 6.49. The van der Waals surface area contributed by atoms with Crippen molar-refractivity contribution in [2.75, 3.05) is 13.1 Å². The zero-order valence-corrected chi connectivity index (χ0v) is 14.3. The van der Waals surface area contributed by atoms with Gasteiger partial charge in [-0.1, -0.05) is 17.3 Å². The van der Waals surface area contributed by atoms with Crippen molar-refractivity contribution in [3.8, 4) is 0 Å². The molecule has 1 N–H and O–H groups in total. The molecule has 8 heteroatoms. The molecule has 0 radical (unpaired) electrons. The number of hydrogen-bond acceptors (Lipinski definition) is 5. The van der Waals surface area contributed by atoms with Crippen molar-refractivity contribution in [2.45, 2.75) is 12.6 Å². The molecule has 2 aliphatic rings. The summed E-state index contributed by atoms with van der Waals surface area (Å²) in [5, 5.41) is 6.70. The highest BCUT2D eigenvalue weighted by Crippen LogP contribution is 2.28. The lowest BCUT2D eigenvalue weighted by Gasteiger charge is -2.16. The van der Waals surface area contributed by atoms with Crippen molar-refractivity contribution in [2.24, 2.45) is 11.1 Å². The Balaban J connectivity index is 1.39. The van der Waals surface area contributed by atoms with Gasteiger partial charge in [-0.2, -0.15) is 0 Å². The number of fused-ring (bicyclic) bond motifs is 1. The summed E-state index contributed by atoms with van der Waals surface area (Å²) in [7, 11) is 0. The summed E-state index contributed by atoms with van der Waals surface area (Å²) in [6.45, 7) is 0.942. The molecule has 1 aromatic carbocycles. The first-order valence-corrected chi connectivity index (χ1v) is 8.57. The summed E-state index contributed by atoms with van der Waals surface area (Å²) in [6, 6.07) is 9.20. The molecule has 27 heavy (non-hydrogen) atoms. The first-order chi connectivity index (χ1) is 13.1. The monoisotopic (exact) mass is 368 g/mol. The fourth-order valence-corrected chi connectivity index (χ4v) is 3.29. The average molecular weight is 368 g/mol. The Morgan fingerprint density at radius 2 is 2.15 bits per heavy atom. The number of nitrogens with one attached hydrogen (secondary N) is 1. The van der Waals surface area contributed by atoms with Crippen LogP contribution >= 0.6 is 0 Å². The Morgan fingerprint density at radius 3 is 2.93 bits per heavy atom. The number of aromatic nitrogens is 1. The van der Waals surface area contributed by atoms with Crippen LogP contribution < -0.4 is 5.32 Å². The fraction of sp³-hybridized carbons (Fsp3) is 0.263. The highest BCUT2D eigenvalue weighted by atomic mass is 19.1. The zero-order valence-electron chi connectivity index (χ0n) is 14.3. The summed E-state index contributed by atoms with van der Waals surface area (Å²) < 4.78 is 13.4. The molecule has 4 rings (SSSR count). The third-order valence-corrected chi connectivity index (χ3v) is 4.67. The van der Waals surface area contributed by atoms with E-state index >= 15 is 0 Å². The smallest absolute Gasteiger partial charge is 0.269 e. The Hall–Kier alpha value is -3.29. The lowest BCUT2D eigenvalue weighted by molar-refractivity contribution is -0.115. The third-order valence-electron chi connectivity index (χ3n) is 4.67. The number of rotatable bonds is 4. The fourth-order valence-electron chi connectivity index (χ4n) is 3.29. The molecule has 2 aliphatic heterocycles. The van der Waals surface area contributed by atoms with E-state index in [4.69, 9.17) is 4.84 Å². The van der Waals surface area contributed by atoms with Gasteiger partial charge in [0.15, 0.2) is 11.8 Å². The van der Waals surface area contributed by atoms with Crippen LogP contribution in [0.5, 0.6) is 0 Å². The predicted molar refractivity (Wildman–Crippen MR) is 94.2 cm³/mol. The van der Waals surface area contributed by atoms with E-state index in [1.165, 1.54) is 18.2 Å². The van der Waals surface area contributed by atoms with Crippen LogP contribution in [0.3, 0.4) is 0 Å². The minimum absolute atomic E-state index is 0.273. The number of carbonyl (C=O) groups excluding carboxylic acids is 2. The number of benzene rings is 1. The number of oxime groups is 1. The minimum Gasteiger partial charge on any atom is -0.389 e. The number of amides is 2. The summed E-state index contributed by atoms with van der Waals surface area (Å²) in [6.07, 6.45) is 2.97. The van der Waals surface area contributed by atoms with Crippen molar-refractivity contribution in [1.29, 1.82) is 0 Å². The Labute approximate surface area is 154 Å². The summed E-state index contributed by atoms with van der Waals surface area (Å²) in [4.78, 5) is 35.9. The van der Waals surface area contributed by atoms with E-state index in [0.717, 1.165) is 5.56 Å². The molecular formula is C19H17FN4O3. The SMILES string of the molecule is O=C(NCc1cccnc1)C1=NO[C@@H]2CN(C(=O)c3cccc(F)c3)C[C@H]12. The lowest BCUT2D eigenvalue weighted by atomic mass is 10.0. The molecule has 1 fully saturated rings. The van der Waals surface area contributed by atoms with Gasteiger partial charge in [0.1, 0.15) is 5.82 Å². The first kappa shape index (κ1) is 17.1. The number of carbonyl (C=O) groups is 2. The summed E-state index contributed by atoms with van der Waals surface area (Å²) in [5.74, 6) is -1.38. The van der Waals surface area contributed by atoms with Crippen molar-refractivity contribution < 1.29 is 18.8 Å². The third kappa shape index (κ3) is 3.51. The largest absolute Gasteiger partial charge is 0.389 e. The van der Waals surface area contributed by atoms with E-state index in [0.29, 0.717) is 19.6 Å². The maximum Gasteiger partial charge on any atom is 0.269 e. The number of nitrogens with zero attached hydrogens (tertiary/aromatic N) is 3. The van der Waals surface area contributed by atoms with Gasteiger partial charge in [0, 0.05) is 31.0 Å². The predicted octanol–water partition coefficient (Wildman–Crippen LogP) is 1.36. The van der Waals surface area contributed by atoms with Gasteiger partial charge in [-0.3, -0.25) is 14.6 Å². The molecule has 1 saturated heterocycles. The maximum absolute atomic E-state index is 13.4. The van der Waals surface area contributed by atoms with Gasteiger partial charge in [-0.05, 0) is 29.8 Å². The van der Waals surface area contributed by atoms with Crippen LogP contribution in [0.2, 0.25) is 0 Å². The number of halogens is 1. The Bertz CT molecular complexity index is 903. The van der Waals surface area contributed by atoms with Gasteiger partial charge >= 0.3 is 0 Å². The first-order valence-electron chi connectivity index (χ1n) is 8.57. The molecular weight excluding hydrogens is 351 g/mol. The van der Waals surface area contributed by atoms with Crippen LogP contribution in [-0.4, -0.2) is 46.6 Å². The van der Waals surface area contributed by atoms with E-state index in [1.54, 1.807) is 29.4 Å². The van der Waals surface area contributed by atoms with Crippen LogP contribution in [0, 0.1) is 11.7 Å². The van der Waals surface area contributed by atoms with Crippen LogP contribution in [0.15, 0.2) is 53.9 Å². The molecule has 0 saturated carbocycles. The van der Waals surface area contributed by atoms with Crippen molar-refractivity contribution in [3.63, 3.8) is 0 Å². The molecule has 0 bridgehead atoms. The van der Waals surface area contributed by atoms with Crippen molar-refractivity contribution in [3.05, 3.63) is 65.7 Å². The Kier molecular flexibility index (Phi) is 4.53. The molecule has 0 aliphatic carbocycles. The molecule has 3 heterocycles. The van der Waals surface area contributed by atoms with Gasteiger partial charge in [0.25, 0.3) is 11.8 Å². The molecule has 138 valence electrons. The molecule has 2 amide bonds. The van der Waals surface area contributed by atoms with E-state index < -0.39 is 5.82 Å². The van der Waals surface area contributed by atoms with Gasteiger partial charge < -0.3 is 15.1 Å². The minimum atomic E-state index is -0.464. The van der Waals surface area contributed by atoms with E-state index in [-0.39, 0.29) is 35.1 Å². The Morgan fingerprint density at radius 1 is 1.26 bits per heavy atom. The molecule has 7 nitrogen and oxygen atoms in total. The topological polar surface area (TPSA) is 83.9 Å². The molecule has 0 spiro atoms. The highest BCUT2D eigenvalue weighted by molar-refractivity contribution is 6.40.